The molecule has 3 amide bonds. The van der Waals surface area contributed by atoms with Crippen molar-refractivity contribution < 1.29 is 22.8 Å². The summed E-state index contributed by atoms with van der Waals surface area (Å²) in [7, 11) is -3.69. The van der Waals surface area contributed by atoms with Gasteiger partial charge in [-0.2, -0.15) is 0 Å². The lowest BCUT2D eigenvalue weighted by molar-refractivity contribution is -0.127. The van der Waals surface area contributed by atoms with E-state index in [9.17, 15) is 22.8 Å². The molecule has 0 atom stereocenters. The number of carbonyl (C=O) groups is 3. The van der Waals surface area contributed by atoms with Crippen molar-refractivity contribution in [3.63, 3.8) is 0 Å². The number of thiazole rings is 1. The molecule has 2 aromatic carbocycles. The Balaban J connectivity index is 1.51. The van der Waals surface area contributed by atoms with Gasteiger partial charge in [-0.15, -0.1) is 11.3 Å². The molecule has 3 N–H and O–H groups in total. The Morgan fingerprint density at radius 3 is 2.29 bits per heavy atom. The highest BCUT2D eigenvalue weighted by Gasteiger charge is 2.13. The Bertz CT molecular complexity index is 1220. The molecule has 0 fully saturated rings. The van der Waals surface area contributed by atoms with Crippen molar-refractivity contribution in [3.8, 4) is 11.1 Å². The van der Waals surface area contributed by atoms with Gasteiger partial charge in [-0.3, -0.25) is 19.1 Å². The third-order valence-corrected chi connectivity index (χ3v) is 5.66. The van der Waals surface area contributed by atoms with E-state index >= 15 is 0 Å². The number of hydrogen-bond donors (Lipinski definition) is 3. The summed E-state index contributed by atoms with van der Waals surface area (Å²) in [5, 5.41) is 5.29. The quantitative estimate of drug-likeness (QED) is 0.456. The molecule has 0 saturated heterocycles. The average molecular weight is 461 g/mol. The van der Waals surface area contributed by atoms with E-state index in [0.29, 0.717) is 5.01 Å². The van der Waals surface area contributed by atoms with Gasteiger partial charge in [-0.05, 0) is 23.3 Å². The van der Waals surface area contributed by atoms with Crippen LogP contribution in [0.15, 0.2) is 48.5 Å². The van der Waals surface area contributed by atoms with Crippen LogP contribution in [0.4, 0.5) is 0 Å². The van der Waals surface area contributed by atoms with Crippen LogP contribution in [0.5, 0.6) is 0 Å². The van der Waals surface area contributed by atoms with Crippen molar-refractivity contribution in [3.05, 3.63) is 53.5 Å². The zero-order chi connectivity index (χ0) is 22.4. The maximum absolute atomic E-state index is 12.1. The van der Waals surface area contributed by atoms with Crippen molar-refractivity contribution in [2.75, 3.05) is 19.3 Å². The smallest absolute Gasteiger partial charge is 0.252 e. The predicted octanol–water partition coefficient (Wildman–Crippen LogP) is 0.814. The summed E-state index contributed by atoms with van der Waals surface area (Å²) in [6.07, 6.45) is 0.847. The molecule has 11 heteroatoms. The molecule has 0 aliphatic rings. The number of nitrogens with zero attached hydrogens (tertiary/aromatic N) is 1. The highest BCUT2D eigenvalue weighted by atomic mass is 32.2. The highest BCUT2D eigenvalue weighted by molar-refractivity contribution is 7.89. The zero-order valence-electron chi connectivity index (χ0n) is 16.5. The summed E-state index contributed by atoms with van der Waals surface area (Å²) < 4.78 is 24.5. The van der Waals surface area contributed by atoms with E-state index in [1.165, 1.54) is 11.3 Å². The summed E-state index contributed by atoms with van der Waals surface area (Å²) in [6.45, 7) is -0.850. The van der Waals surface area contributed by atoms with Gasteiger partial charge >= 0.3 is 0 Å². The van der Waals surface area contributed by atoms with Crippen LogP contribution in [0.25, 0.3) is 21.3 Å². The van der Waals surface area contributed by atoms with E-state index in [2.05, 4.69) is 15.6 Å². The van der Waals surface area contributed by atoms with Gasteiger partial charge in [0, 0.05) is 0 Å². The van der Waals surface area contributed by atoms with Crippen LogP contribution < -0.4 is 15.4 Å². The first-order chi connectivity index (χ1) is 14.7. The fraction of sp³-hybridized carbons (Fsp3) is 0.200. The minimum absolute atomic E-state index is 0.0157. The van der Waals surface area contributed by atoms with Crippen LogP contribution in [0.3, 0.4) is 0 Å². The highest BCUT2D eigenvalue weighted by Crippen LogP contribution is 2.28. The van der Waals surface area contributed by atoms with E-state index in [1.54, 1.807) is 4.72 Å². The van der Waals surface area contributed by atoms with Crippen molar-refractivity contribution in [1.29, 1.82) is 0 Å². The van der Waals surface area contributed by atoms with Gasteiger partial charge in [0.05, 0.1) is 36.0 Å². The van der Waals surface area contributed by atoms with E-state index in [1.807, 2.05) is 48.5 Å². The first-order valence-electron chi connectivity index (χ1n) is 9.18. The number of rotatable bonds is 8. The maximum atomic E-state index is 12.1. The van der Waals surface area contributed by atoms with E-state index in [-0.39, 0.29) is 13.0 Å². The largest absolute Gasteiger partial charge is 0.347 e. The molecule has 3 aromatic rings. The second-order valence-electron chi connectivity index (χ2n) is 6.68. The molecular weight excluding hydrogens is 440 g/mol. The number of amides is 3. The molecule has 1 heterocycles. The van der Waals surface area contributed by atoms with Gasteiger partial charge in [0.2, 0.25) is 21.8 Å². The predicted molar refractivity (Wildman–Crippen MR) is 118 cm³/mol. The van der Waals surface area contributed by atoms with Crippen molar-refractivity contribution in [2.24, 2.45) is 0 Å². The number of nitrogens with one attached hydrogen (secondary N) is 3. The van der Waals surface area contributed by atoms with Crippen LogP contribution in [-0.2, 0) is 30.8 Å². The standard InChI is InChI=1S/C20H20N4O5S2/c1-31(28,29)24-19(27)12-22-18(26)11-21-17(25)10-20-23-15-8-7-14(9-16(15)30-20)13-5-3-2-4-6-13/h2-9H,10-12H2,1H3,(H,21,25)(H,22,26)(H,24,27). The third-order valence-electron chi connectivity index (χ3n) is 4.04. The molecule has 0 spiro atoms. The molecular formula is C20H20N4O5S2. The molecule has 31 heavy (non-hydrogen) atoms. The summed E-state index contributed by atoms with van der Waals surface area (Å²) >= 11 is 1.41. The number of carbonyl (C=O) groups excluding carboxylic acids is 3. The number of benzene rings is 2. The zero-order valence-corrected chi connectivity index (χ0v) is 18.2. The topological polar surface area (TPSA) is 134 Å². The Hall–Kier alpha value is -3.31. The Kier molecular flexibility index (Phi) is 6.98. The Morgan fingerprint density at radius 2 is 1.58 bits per heavy atom. The van der Waals surface area contributed by atoms with Crippen LogP contribution in [-0.4, -0.2) is 50.5 Å². The van der Waals surface area contributed by atoms with Gasteiger partial charge in [-0.25, -0.2) is 13.4 Å². The number of aromatic nitrogens is 1. The minimum atomic E-state index is -3.69. The molecule has 0 saturated carbocycles. The van der Waals surface area contributed by atoms with E-state index < -0.39 is 34.3 Å². The summed E-state index contributed by atoms with van der Waals surface area (Å²) in [6, 6.07) is 15.8. The SMILES string of the molecule is CS(=O)(=O)NC(=O)CNC(=O)CNC(=O)Cc1nc2ccc(-c3ccccc3)cc2s1. The van der Waals surface area contributed by atoms with Crippen LogP contribution in [0.1, 0.15) is 5.01 Å². The third kappa shape index (κ3) is 6.86. The molecule has 0 radical (unpaired) electrons. The minimum Gasteiger partial charge on any atom is -0.347 e. The number of hydrogen-bond acceptors (Lipinski definition) is 7. The first-order valence-corrected chi connectivity index (χ1v) is 11.9. The van der Waals surface area contributed by atoms with Crippen LogP contribution in [0, 0.1) is 0 Å². The molecule has 3 rings (SSSR count). The molecule has 0 aliphatic carbocycles. The molecule has 0 bridgehead atoms. The summed E-state index contributed by atoms with van der Waals surface area (Å²) in [4.78, 5) is 39.6. The fourth-order valence-corrected chi connectivity index (χ4v) is 4.21. The van der Waals surface area contributed by atoms with Crippen LogP contribution in [0.2, 0.25) is 0 Å². The average Bonchev–Trinajstić information content (AvgIpc) is 3.11. The summed E-state index contributed by atoms with van der Waals surface area (Å²) in [5.41, 5.74) is 2.94. The molecule has 162 valence electrons. The maximum Gasteiger partial charge on any atom is 0.252 e. The molecule has 0 unspecified atom stereocenters. The van der Waals surface area contributed by atoms with E-state index in [4.69, 9.17) is 0 Å². The van der Waals surface area contributed by atoms with Gasteiger partial charge in [0.25, 0.3) is 5.91 Å². The van der Waals surface area contributed by atoms with Crippen molar-refractivity contribution in [1.82, 2.24) is 20.3 Å². The monoisotopic (exact) mass is 460 g/mol. The van der Waals surface area contributed by atoms with Gasteiger partial charge in [0.1, 0.15) is 5.01 Å². The van der Waals surface area contributed by atoms with Gasteiger partial charge in [-0.1, -0.05) is 36.4 Å². The van der Waals surface area contributed by atoms with Gasteiger partial charge < -0.3 is 10.6 Å². The van der Waals surface area contributed by atoms with Crippen LogP contribution >= 0.6 is 11.3 Å². The molecule has 0 aliphatic heterocycles. The first kappa shape index (κ1) is 22.4. The molecule has 9 nitrogen and oxygen atoms in total. The van der Waals surface area contributed by atoms with Gasteiger partial charge in [0.15, 0.2) is 0 Å². The summed E-state index contributed by atoms with van der Waals surface area (Å²) in [5.74, 6) is -1.88. The second kappa shape index (κ2) is 9.67. The lowest BCUT2D eigenvalue weighted by Crippen LogP contribution is -2.43. The Labute approximate surface area is 182 Å². The van der Waals surface area contributed by atoms with Crippen molar-refractivity contribution >= 4 is 49.3 Å². The normalized spacial score (nSPS) is 11.1. The number of fused-ring (bicyclic) bond motifs is 1. The Morgan fingerprint density at radius 1 is 0.903 bits per heavy atom. The lowest BCUT2D eigenvalue weighted by atomic mass is 10.1. The van der Waals surface area contributed by atoms with Crippen molar-refractivity contribution in [2.45, 2.75) is 6.42 Å². The van der Waals surface area contributed by atoms with E-state index in [0.717, 1.165) is 27.6 Å². The molecule has 1 aromatic heterocycles. The number of sulfonamides is 1. The fourth-order valence-electron chi connectivity index (χ4n) is 2.72. The lowest BCUT2D eigenvalue weighted by Gasteiger charge is -2.06. The second-order valence-corrected chi connectivity index (χ2v) is 9.55.